The molecule has 5 heteroatoms. The first-order chi connectivity index (χ1) is 6.44. The molecule has 0 amide bonds. The number of phenols is 1. The van der Waals surface area contributed by atoms with Crippen molar-refractivity contribution in [1.29, 1.82) is 0 Å². The standard InChI is InChI=1S/C9H13NO3S/c1-3-14(12,13)10-8-5-4-7(2)6-9(8)11/h4-6,10-11H,3H2,1-2H3. The Labute approximate surface area is 83.6 Å². The second-order valence-electron chi connectivity index (χ2n) is 3.03. The van der Waals surface area contributed by atoms with Crippen LogP contribution in [0.5, 0.6) is 5.75 Å². The molecule has 0 aliphatic heterocycles. The van der Waals surface area contributed by atoms with Gasteiger partial charge in [0.05, 0.1) is 11.4 Å². The predicted octanol–water partition coefficient (Wildman–Crippen LogP) is 1.46. The maximum Gasteiger partial charge on any atom is 0.232 e. The van der Waals surface area contributed by atoms with E-state index in [-0.39, 0.29) is 17.2 Å². The minimum Gasteiger partial charge on any atom is -0.506 e. The van der Waals surface area contributed by atoms with Crippen LogP contribution in [0.15, 0.2) is 18.2 Å². The summed E-state index contributed by atoms with van der Waals surface area (Å²) in [5.74, 6) is -0.0673. The summed E-state index contributed by atoms with van der Waals surface area (Å²) < 4.78 is 24.7. The van der Waals surface area contributed by atoms with Crippen molar-refractivity contribution in [2.24, 2.45) is 0 Å². The van der Waals surface area contributed by atoms with Crippen LogP contribution in [0.3, 0.4) is 0 Å². The number of aromatic hydroxyl groups is 1. The molecule has 0 saturated carbocycles. The first-order valence-electron chi connectivity index (χ1n) is 4.24. The van der Waals surface area contributed by atoms with Gasteiger partial charge in [-0.25, -0.2) is 8.42 Å². The van der Waals surface area contributed by atoms with Gasteiger partial charge >= 0.3 is 0 Å². The highest BCUT2D eigenvalue weighted by molar-refractivity contribution is 7.92. The SMILES string of the molecule is CCS(=O)(=O)Nc1ccc(C)cc1O. The van der Waals surface area contributed by atoms with Crippen LogP contribution in [0.25, 0.3) is 0 Å². The van der Waals surface area contributed by atoms with Crippen LogP contribution >= 0.6 is 0 Å². The molecule has 0 saturated heterocycles. The highest BCUT2D eigenvalue weighted by atomic mass is 32.2. The van der Waals surface area contributed by atoms with E-state index in [9.17, 15) is 13.5 Å². The minimum atomic E-state index is -3.32. The average molecular weight is 215 g/mol. The number of benzene rings is 1. The topological polar surface area (TPSA) is 66.4 Å². The van der Waals surface area contributed by atoms with Gasteiger partial charge in [0.1, 0.15) is 5.75 Å². The van der Waals surface area contributed by atoms with Gasteiger partial charge in [-0.3, -0.25) is 4.72 Å². The Morgan fingerprint density at radius 2 is 2.07 bits per heavy atom. The molecule has 14 heavy (non-hydrogen) atoms. The van der Waals surface area contributed by atoms with Crippen molar-refractivity contribution in [2.75, 3.05) is 10.5 Å². The predicted molar refractivity (Wildman–Crippen MR) is 55.9 cm³/mol. The maximum absolute atomic E-state index is 11.2. The third-order valence-corrected chi connectivity index (χ3v) is 3.09. The lowest BCUT2D eigenvalue weighted by atomic mass is 10.2. The monoisotopic (exact) mass is 215 g/mol. The van der Waals surface area contributed by atoms with Crippen molar-refractivity contribution in [2.45, 2.75) is 13.8 Å². The molecule has 1 aromatic rings. The van der Waals surface area contributed by atoms with E-state index < -0.39 is 10.0 Å². The van der Waals surface area contributed by atoms with Crippen LogP contribution in [-0.2, 0) is 10.0 Å². The van der Waals surface area contributed by atoms with E-state index in [0.29, 0.717) is 0 Å². The third-order valence-electron chi connectivity index (χ3n) is 1.80. The molecule has 0 radical (unpaired) electrons. The number of rotatable bonds is 3. The summed E-state index contributed by atoms with van der Waals surface area (Å²) in [6, 6.07) is 4.78. The van der Waals surface area contributed by atoms with Crippen LogP contribution < -0.4 is 4.72 Å². The summed E-state index contributed by atoms with van der Waals surface area (Å²) in [5.41, 5.74) is 1.10. The molecule has 0 atom stereocenters. The van der Waals surface area contributed by atoms with Gasteiger partial charge in [0.25, 0.3) is 0 Å². The van der Waals surface area contributed by atoms with Gasteiger partial charge in [0, 0.05) is 0 Å². The molecule has 0 aromatic heterocycles. The van der Waals surface area contributed by atoms with Crippen LogP contribution in [-0.4, -0.2) is 19.3 Å². The summed E-state index contributed by atoms with van der Waals surface area (Å²) in [7, 11) is -3.32. The fourth-order valence-corrected chi connectivity index (χ4v) is 1.62. The molecular weight excluding hydrogens is 202 g/mol. The normalized spacial score (nSPS) is 11.3. The van der Waals surface area contributed by atoms with Crippen LogP contribution in [0.1, 0.15) is 12.5 Å². The van der Waals surface area contributed by atoms with E-state index >= 15 is 0 Å². The van der Waals surface area contributed by atoms with Crippen molar-refractivity contribution in [3.8, 4) is 5.75 Å². The summed E-state index contributed by atoms with van der Waals surface area (Å²) in [4.78, 5) is 0. The van der Waals surface area contributed by atoms with Gasteiger partial charge < -0.3 is 5.11 Å². The fourth-order valence-electron chi connectivity index (χ4n) is 0.968. The molecule has 4 nitrogen and oxygen atoms in total. The number of sulfonamides is 1. The second-order valence-corrected chi connectivity index (χ2v) is 5.04. The van der Waals surface area contributed by atoms with E-state index in [1.165, 1.54) is 19.1 Å². The van der Waals surface area contributed by atoms with Gasteiger partial charge in [-0.2, -0.15) is 0 Å². The molecule has 78 valence electrons. The van der Waals surface area contributed by atoms with Crippen LogP contribution in [0.2, 0.25) is 0 Å². The van der Waals surface area contributed by atoms with Gasteiger partial charge in [-0.05, 0) is 31.5 Å². The highest BCUT2D eigenvalue weighted by Crippen LogP contribution is 2.24. The Balaban J connectivity index is 2.99. The Kier molecular flexibility index (Phi) is 3.00. The minimum absolute atomic E-state index is 0.0136. The number of hydrogen-bond acceptors (Lipinski definition) is 3. The second kappa shape index (κ2) is 3.88. The van der Waals surface area contributed by atoms with E-state index in [1.807, 2.05) is 6.92 Å². The van der Waals surface area contributed by atoms with Gasteiger partial charge in [-0.1, -0.05) is 6.07 Å². The Hall–Kier alpha value is -1.23. The molecule has 2 N–H and O–H groups in total. The summed E-state index contributed by atoms with van der Waals surface area (Å²) in [6.45, 7) is 3.35. The number of hydrogen-bond donors (Lipinski definition) is 2. The molecule has 0 aliphatic rings. The fraction of sp³-hybridized carbons (Fsp3) is 0.333. The zero-order chi connectivity index (χ0) is 10.8. The van der Waals surface area contributed by atoms with Crippen molar-refractivity contribution in [3.05, 3.63) is 23.8 Å². The lowest BCUT2D eigenvalue weighted by Gasteiger charge is -2.08. The van der Waals surface area contributed by atoms with E-state index in [4.69, 9.17) is 0 Å². The first-order valence-corrected chi connectivity index (χ1v) is 5.90. The summed E-state index contributed by atoms with van der Waals surface area (Å²) in [6.07, 6.45) is 0. The Morgan fingerprint density at radius 1 is 1.43 bits per heavy atom. The Morgan fingerprint density at radius 3 is 2.57 bits per heavy atom. The zero-order valence-electron chi connectivity index (χ0n) is 8.11. The Bertz CT molecular complexity index is 426. The number of phenolic OH excluding ortho intramolecular Hbond substituents is 1. The first kappa shape index (κ1) is 10.8. The average Bonchev–Trinajstić information content (AvgIpc) is 2.10. The van der Waals surface area contributed by atoms with E-state index in [2.05, 4.69) is 4.72 Å². The molecule has 1 aromatic carbocycles. The smallest absolute Gasteiger partial charge is 0.232 e. The van der Waals surface area contributed by atoms with Crippen molar-refractivity contribution < 1.29 is 13.5 Å². The summed E-state index contributed by atoms with van der Waals surface area (Å²) >= 11 is 0. The molecule has 1 rings (SSSR count). The largest absolute Gasteiger partial charge is 0.506 e. The quantitative estimate of drug-likeness (QED) is 0.750. The van der Waals surface area contributed by atoms with Gasteiger partial charge in [0.2, 0.25) is 10.0 Å². The van der Waals surface area contributed by atoms with Crippen molar-refractivity contribution in [1.82, 2.24) is 0 Å². The molecule has 0 unspecified atom stereocenters. The lowest BCUT2D eigenvalue weighted by molar-refractivity contribution is 0.477. The van der Waals surface area contributed by atoms with Gasteiger partial charge in [0.15, 0.2) is 0 Å². The van der Waals surface area contributed by atoms with E-state index in [1.54, 1.807) is 6.07 Å². The lowest BCUT2D eigenvalue weighted by Crippen LogP contribution is -2.14. The summed E-state index contributed by atoms with van der Waals surface area (Å²) in [5, 5.41) is 9.42. The molecule has 0 bridgehead atoms. The van der Waals surface area contributed by atoms with Crippen molar-refractivity contribution >= 4 is 15.7 Å². The number of aryl methyl sites for hydroxylation is 1. The van der Waals surface area contributed by atoms with Crippen molar-refractivity contribution in [3.63, 3.8) is 0 Å². The zero-order valence-corrected chi connectivity index (χ0v) is 8.93. The number of nitrogens with one attached hydrogen (secondary N) is 1. The van der Waals surface area contributed by atoms with Gasteiger partial charge in [-0.15, -0.1) is 0 Å². The maximum atomic E-state index is 11.2. The number of anilines is 1. The van der Waals surface area contributed by atoms with E-state index in [0.717, 1.165) is 5.56 Å². The molecule has 0 fully saturated rings. The molecule has 0 heterocycles. The molecule has 0 spiro atoms. The molecular formula is C9H13NO3S. The molecule has 0 aliphatic carbocycles. The highest BCUT2D eigenvalue weighted by Gasteiger charge is 2.09. The third kappa shape index (κ3) is 2.63. The van der Waals surface area contributed by atoms with Crippen LogP contribution in [0, 0.1) is 6.92 Å². The van der Waals surface area contributed by atoms with Crippen LogP contribution in [0.4, 0.5) is 5.69 Å².